The fraction of sp³-hybridized carbons (Fsp3) is 0.312. The Morgan fingerprint density at radius 1 is 1.00 bits per heavy atom. The lowest BCUT2D eigenvalue weighted by Crippen LogP contribution is -2.42. The second-order valence-corrected chi connectivity index (χ2v) is 10.1. The molecule has 2 atom stereocenters. The van der Waals surface area contributed by atoms with Gasteiger partial charge in [0.1, 0.15) is 0 Å². The summed E-state index contributed by atoms with van der Waals surface area (Å²) in [5.41, 5.74) is 5.30. The van der Waals surface area contributed by atoms with E-state index < -0.39 is 5.97 Å². The van der Waals surface area contributed by atoms with Crippen LogP contribution in [0.5, 0.6) is 5.88 Å². The Morgan fingerprint density at radius 3 is 2.39 bits per heavy atom. The molecule has 2 N–H and O–H groups in total. The number of nitrogens with one attached hydrogen (secondary N) is 1. The van der Waals surface area contributed by atoms with Gasteiger partial charge in [-0.2, -0.15) is 0 Å². The molecule has 1 saturated heterocycles. The number of nitrogens with zero attached hydrogens (tertiary/aromatic N) is 2. The Bertz CT molecular complexity index is 1430. The molecule has 1 aromatic heterocycles. The van der Waals surface area contributed by atoms with Crippen LogP contribution in [0.25, 0.3) is 10.9 Å². The lowest BCUT2D eigenvalue weighted by molar-refractivity contribution is 0.0526. The molecular formula is C32H35N3O3. The second-order valence-electron chi connectivity index (χ2n) is 10.1. The number of esters is 1. The summed E-state index contributed by atoms with van der Waals surface area (Å²) in [4.78, 5) is 22.9. The van der Waals surface area contributed by atoms with Crippen LogP contribution in [0.4, 0.5) is 5.69 Å². The summed E-state index contributed by atoms with van der Waals surface area (Å²) in [6.07, 6.45) is 3.81. The third-order valence-corrected chi connectivity index (χ3v) is 7.49. The summed E-state index contributed by atoms with van der Waals surface area (Å²) >= 11 is 0. The van der Waals surface area contributed by atoms with Crippen LogP contribution in [-0.2, 0) is 11.3 Å². The van der Waals surface area contributed by atoms with Crippen LogP contribution in [0, 0.1) is 0 Å². The fourth-order valence-electron chi connectivity index (χ4n) is 5.43. The maximum absolute atomic E-state index is 12.2. The zero-order valence-corrected chi connectivity index (χ0v) is 22.3. The number of rotatable bonds is 7. The van der Waals surface area contributed by atoms with Crippen molar-refractivity contribution in [2.24, 2.45) is 4.99 Å². The van der Waals surface area contributed by atoms with Crippen LogP contribution in [0.2, 0.25) is 0 Å². The topological polar surface area (TPSA) is 77.9 Å². The average Bonchev–Trinajstić information content (AvgIpc) is 3.25. The van der Waals surface area contributed by atoms with Gasteiger partial charge < -0.3 is 14.8 Å². The smallest absolute Gasteiger partial charge is 0.338 e. The van der Waals surface area contributed by atoms with Crippen molar-refractivity contribution in [3.63, 3.8) is 0 Å². The molecule has 0 saturated carbocycles. The van der Waals surface area contributed by atoms with Gasteiger partial charge in [0.25, 0.3) is 0 Å². The molecule has 196 valence electrons. The highest BCUT2D eigenvalue weighted by atomic mass is 16.5. The zero-order chi connectivity index (χ0) is 26.6. The van der Waals surface area contributed by atoms with Crippen molar-refractivity contribution in [1.82, 2.24) is 9.88 Å². The molecule has 1 aliphatic rings. The Morgan fingerprint density at radius 2 is 1.71 bits per heavy atom. The molecule has 2 unspecified atom stereocenters. The normalized spacial score (nSPS) is 18.6. The lowest BCUT2D eigenvalue weighted by Gasteiger charge is -2.39. The Balaban J connectivity index is 1.51. The number of carbonyl (C=O) groups excluding carboxylic acids is 1. The van der Waals surface area contributed by atoms with Gasteiger partial charge in [0, 0.05) is 35.1 Å². The van der Waals surface area contributed by atoms with Crippen LogP contribution in [0.15, 0.2) is 77.8 Å². The van der Waals surface area contributed by atoms with Gasteiger partial charge in [-0.3, -0.25) is 4.90 Å². The largest absolute Gasteiger partial charge is 0.494 e. The van der Waals surface area contributed by atoms with E-state index in [0.29, 0.717) is 41.0 Å². The van der Waals surface area contributed by atoms with E-state index in [4.69, 9.17) is 9.73 Å². The Labute approximate surface area is 224 Å². The predicted molar refractivity (Wildman–Crippen MR) is 152 cm³/mol. The molecule has 3 aromatic carbocycles. The van der Waals surface area contributed by atoms with Gasteiger partial charge in [0.15, 0.2) is 5.88 Å². The second kappa shape index (κ2) is 11.2. The number of aliphatic imine (C=N–C) groups is 1. The van der Waals surface area contributed by atoms with Crippen molar-refractivity contribution in [2.75, 3.05) is 6.61 Å². The van der Waals surface area contributed by atoms with Gasteiger partial charge >= 0.3 is 5.97 Å². The molecule has 0 radical (unpaired) electrons. The van der Waals surface area contributed by atoms with Gasteiger partial charge in [0.2, 0.25) is 0 Å². The van der Waals surface area contributed by atoms with Crippen molar-refractivity contribution >= 4 is 28.3 Å². The minimum atomic E-state index is -0.393. The number of H-pyrrole nitrogens is 1. The van der Waals surface area contributed by atoms with Gasteiger partial charge in [-0.1, -0.05) is 55.0 Å². The molecule has 6 heteroatoms. The van der Waals surface area contributed by atoms with Gasteiger partial charge in [0.05, 0.1) is 29.1 Å². The number of aromatic hydroxyl groups is 1. The molecule has 0 aliphatic carbocycles. The first-order chi connectivity index (χ1) is 18.4. The summed E-state index contributed by atoms with van der Waals surface area (Å²) in [5.74, 6) is -0.385. The van der Waals surface area contributed by atoms with Gasteiger partial charge in [-0.25, -0.2) is 9.79 Å². The monoisotopic (exact) mass is 509 g/mol. The van der Waals surface area contributed by atoms with E-state index in [9.17, 15) is 9.90 Å². The Kier molecular flexibility index (Phi) is 7.61. The highest BCUT2D eigenvalue weighted by Gasteiger charge is 2.24. The Hall–Kier alpha value is -3.90. The number of hydrogen-bond acceptors (Lipinski definition) is 5. The molecule has 6 nitrogen and oxygen atoms in total. The predicted octanol–water partition coefficient (Wildman–Crippen LogP) is 6.98. The first-order valence-corrected chi connectivity index (χ1v) is 13.5. The van der Waals surface area contributed by atoms with E-state index >= 15 is 0 Å². The summed E-state index contributed by atoms with van der Waals surface area (Å²) < 4.78 is 5.14. The van der Waals surface area contributed by atoms with Gasteiger partial charge in [-0.15, -0.1) is 0 Å². The molecule has 1 aliphatic heterocycles. The standard InChI is InChI=1S/C32H35N3O3/c1-4-38-32(37)25-15-18-27-28(19-25)34-31(36)29(27)30(24-11-6-5-7-12-24)33-26-16-13-23(14-17-26)20-35-21(2)9-8-10-22(35)3/h5-7,11-19,21-22,34,36H,4,8-10,20H2,1-3H3. The fourth-order valence-corrected chi connectivity index (χ4v) is 5.43. The molecule has 4 aromatic rings. The van der Waals surface area contributed by atoms with Crippen molar-refractivity contribution in [1.29, 1.82) is 0 Å². The molecule has 1 fully saturated rings. The van der Waals surface area contributed by atoms with Crippen molar-refractivity contribution in [3.8, 4) is 5.88 Å². The third-order valence-electron chi connectivity index (χ3n) is 7.49. The number of carbonyl (C=O) groups is 1. The number of hydrogen-bond donors (Lipinski definition) is 2. The van der Waals surface area contributed by atoms with E-state index in [0.717, 1.165) is 23.2 Å². The van der Waals surface area contributed by atoms with Crippen LogP contribution in [0.3, 0.4) is 0 Å². The van der Waals surface area contributed by atoms with Crippen LogP contribution in [-0.4, -0.2) is 45.4 Å². The maximum Gasteiger partial charge on any atom is 0.338 e. The first kappa shape index (κ1) is 25.7. The van der Waals surface area contributed by atoms with Crippen molar-refractivity contribution < 1.29 is 14.6 Å². The van der Waals surface area contributed by atoms with E-state index in [1.807, 2.05) is 48.5 Å². The van der Waals surface area contributed by atoms with Crippen LogP contribution < -0.4 is 0 Å². The number of aromatic nitrogens is 1. The summed E-state index contributed by atoms with van der Waals surface area (Å²) in [7, 11) is 0. The summed E-state index contributed by atoms with van der Waals surface area (Å²) in [5, 5.41) is 11.8. The minimum Gasteiger partial charge on any atom is -0.494 e. The first-order valence-electron chi connectivity index (χ1n) is 13.5. The van der Waals surface area contributed by atoms with E-state index in [1.165, 1.54) is 24.8 Å². The van der Waals surface area contributed by atoms with E-state index in [-0.39, 0.29) is 5.88 Å². The SMILES string of the molecule is CCOC(=O)c1ccc2c(C(=Nc3ccc(CN4C(C)CCCC4C)cc3)c3ccccc3)c(O)[nH]c2c1. The highest BCUT2D eigenvalue weighted by Crippen LogP contribution is 2.32. The summed E-state index contributed by atoms with van der Waals surface area (Å²) in [6, 6.07) is 24.7. The average molecular weight is 510 g/mol. The maximum atomic E-state index is 12.2. The highest BCUT2D eigenvalue weighted by molar-refractivity contribution is 6.22. The summed E-state index contributed by atoms with van der Waals surface area (Å²) in [6.45, 7) is 7.66. The van der Waals surface area contributed by atoms with Crippen molar-refractivity contribution in [3.05, 3.63) is 95.1 Å². The number of aromatic amines is 1. The quantitative estimate of drug-likeness (QED) is 0.208. The third kappa shape index (κ3) is 5.36. The van der Waals surface area contributed by atoms with E-state index in [1.54, 1.807) is 19.1 Å². The number of ether oxygens (including phenoxy) is 1. The molecule has 0 amide bonds. The minimum absolute atomic E-state index is 0.00769. The zero-order valence-electron chi connectivity index (χ0n) is 22.3. The molecule has 38 heavy (non-hydrogen) atoms. The number of benzene rings is 3. The lowest BCUT2D eigenvalue weighted by atomic mass is 9.96. The van der Waals surface area contributed by atoms with Gasteiger partial charge in [-0.05, 0) is 63.4 Å². The van der Waals surface area contributed by atoms with Crippen LogP contribution >= 0.6 is 0 Å². The number of likely N-dealkylation sites (tertiary alicyclic amines) is 1. The van der Waals surface area contributed by atoms with Crippen LogP contribution in [0.1, 0.15) is 67.1 Å². The number of piperidine rings is 1. The molecule has 2 heterocycles. The molecule has 0 spiro atoms. The number of fused-ring (bicyclic) bond motifs is 1. The van der Waals surface area contributed by atoms with Crippen molar-refractivity contribution in [2.45, 2.75) is 58.7 Å². The molecule has 5 rings (SSSR count). The molecular weight excluding hydrogens is 474 g/mol. The molecule has 0 bridgehead atoms. The van der Waals surface area contributed by atoms with E-state index in [2.05, 4.69) is 35.9 Å².